The highest BCUT2D eigenvalue weighted by atomic mass is 35.5. The number of carbonyl (C=O) groups excluding carboxylic acids is 2. The number of carboxylic acid groups (broad SMARTS) is 1. The number of hydrogen-bond acceptors (Lipinski definition) is 6. The normalized spacial score (nSPS) is 28.3. The molecule has 2 aliphatic heterocycles. The van der Waals surface area contributed by atoms with Crippen LogP contribution in [0.5, 0.6) is 0 Å². The molecule has 0 spiro atoms. The average molecular weight is 414 g/mol. The van der Waals surface area contributed by atoms with Crippen molar-refractivity contribution in [1.29, 1.82) is 0 Å². The van der Waals surface area contributed by atoms with Gasteiger partial charge in [0, 0.05) is 10.8 Å². The zero-order chi connectivity index (χ0) is 20.3. The maximum absolute atomic E-state index is 12.7. The Morgan fingerprint density at radius 1 is 1.37 bits per heavy atom. The number of carboxylic acids is 1. The number of rotatable bonds is 4. The van der Waals surface area contributed by atoms with Gasteiger partial charge in [0.2, 0.25) is 0 Å². The minimum Gasteiger partial charge on any atom is -0.480 e. The predicted molar refractivity (Wildman–Crippen MR) is 97.7 cm³/mol. The van der Waals surface area contributed by atoms with Crippen LogP contribution in [0.15, 0.2) is 18.2 Å². The molecule has 2 aliphatic rings. The molecule has 0 unspecified atom stereocenters. The fraction of sp³-hybridized carbons (Fsp3) is 0.438. The third-order valence-electron chi connectivity index (χ3n) is 4.80. The third-order valence-corrected chi connectivity index (χ3v) is 6.87. The van der Waals surface area contributed by atoms with Crippen LogP contribution in [0.1, 0.15) is 31.1 Å². The van der Waals surface area contributed by atoms with E-state index >= 15 is 0 Å². The van der Waals surface area contributed by atoms with E-state index in [-0.39, 0.29) is 10.6 Å². The van der Waals surface area contributed by atoms with Gasteiger partial charge in [0.05, 0.1) is 9.95 Å². The number of amides is 2. The number of nitrogens with one attached hydrogen (secondary N) is 1. The fourth-order valence-electron chi connectivity index (χ4n) is 3.53. The molecule has 2 heterocycles. The summed E-state index contributed by atoms with van der Waals surface area (Å²) in [5.74, 6) is -2.54. The number of β-lactam (4-membered cyclic amide) rings is 1. The van der Waals surface area contributed by atoms with Gasteiger partial charge in [0.25, 0.3) is 17.5 Å². The van der Waals surface area contributed by atoms with Crippen LogP contribution in [0.3, 0.4) is 0 Å². The quantitative estimate of drug-likeness (QED) is 0.437. The van der Waals surface area contributed by atoms with Gasteiger partial charge in [0.15, 0.2) is 0 Å². The van der Waals surface area contributed by atoms with Crippen molar-refractivity contribution in [1.82, 2.24) is 10.2 Å². The van der Waals surface area contributed by atoms with Crippen LogP contribution in [0.4, 0.5) is 5.69 Å². The van der Waals surface area contributed by atoms with E-state index in [4.69, 9.17) is 11.6 Å². The molecule has 2 saturated heterocycles. The molecule has 1 aromatic carbocycles. The molecule has 3 rings (SSSR count). The van der Waals surface area contributed by atoms with Crippen LogP contribution in [-0.4, -0.2) is 54.4 Å². The lowest BCUT2D eigenvalue weighted by atomic mass is 9.86. The van der Waals surface area contributed by atoms with Crippen LogP contribution in [-0.2, 0) is 9.59 Å². The van der Waals surface area contributed by atoms with Crippen molar-refractivity contribution in [3.63, 3.8) is 0 Å². The second-order valence-electron chi connectivity index (χ2n) is 7.07. The molecule has 1 aromatic rings. The van der Waals surface area contributed by atoms with Gasteiger partial charge in [-0.05, 0) is 26.8 Å². The van der Waals surface area contributed by atoms with Gasteiger partial charge in [-0.3, -0.25) is 19.7 Å². The average Bonchev–Trinajstić information content (AvgIpc) is 2.83. The summed E-state index contributed by atoms with van der Waals surface area (Å²) in [6.45, 7) is 4.90. The van der Waals surface area contributed by atoms with Gasteiger partial charge in [-0.25, -0.2) is 4.79 Å². The number of hydrogen-bond donors (Lipinski definition) is 2. The zero-order valence-electron chi connectivity index (χ0n) is 14.6. The van der Waals surface area contributed by atoms with E-state index in [9.17, 15) is 29.6 Å². The fourth-order valence-corrected chi connectivity index (χ4v) is 5.43. The summed E-state index contributed by atoms with van der Waals surface area (Å²) in [5, 5.41) is 22.5. The van der Waals surface area contributed by atoms with Gasteiger partial charge in [-0.15, -0.1) is 11.8 Å². The highest BCUT2D eigenvalue weighted by molar-refractivity contribution is 8.01. The van der Waals surface area contributed by atoms with Crippen molar-refractivity contribution in [2.45, 2.75) is 42.5 Å². The van der Waals surface area contributed by atoms with Crippen molar-refractivity contribution in [2.75, 3.05) is 0 Å². The first kappa shape index (κ1) is 19.4. The molecule has 144 valence electrons. The van der Waals surface area contributed by atoms with Crippen molar-refractivity contribution in [2.24, 2.45) is 0 Å². The molecule has 2 fully saturated rings. The Bertz CT molecular complexity index is 891. The highest BCUT2D eigenvalue weighted by Gasteiger charge is 2.70. The maximum atomic E-state index is 12.7. The first-order chi connectivity index (χ1) is 12.4. The molecule has 0 radical (unpaired) electrons. The first-order valence-electron chi connectivity index (χ1n) is 7.90. The molecule has 27 heavy (non-hydrogen) atoms. The van der Waals surface area contributed by atoms with Crippen molar-refractivity contribution < 1.29 is 24.4 Å². The van der Waals surface area contributed by atoms with Gasteiger partial charge in [0.1, 0.15) is 22.5 Å². The number of nitro groups is 1. The van der Waals surface area contributed by atoms with E-state index in [1.807, 2.05) is 0 Å². The summed E-state index contributed by atoms with van der Waals surface area (Å²) in [6.07, 6.45) is 0. The molecule has 0 aliphatic carbocycles. The lowest BCUT2D eigenvalue weighted by molar-refractivity contribution is -0.385. The summed E-state index contributed by atoms with van der Waals surface area (Å²) >= 11 is 7.23. The van der Waals surface area contributed by atoms with Crippen molar-refractivity contribution in [3.8, 4) is 0 Å². The van der Waals surface area contributed by atoms with E-state index in [1.165, 1.54) is 35.7 Å². The van der Waals surface area contributed by atoms with Crippen molar-refractivity contribution >= 4 is 46.8 Å². The predicted octanol–water partition coefficient (Wildman–Crippen LogP) is 1.88. The van der Waals surface area contributed by atoms with Gasteiger partial charge in [-0.1, -0.05) is 17.7 Å². The summed E-state index contributed by atoms with van der Waals surface area (Å²) in [4.78, 5) is 48.7. The Labute approximate surface area is 163 Å². The smallest absolute Gasteiger partial charge is 0.327 e. The molecule has 2 N–H and O–H groups in total. The van der Waals surface area contributed by atoms with Gasteiger partial charge >= 0.3 is 5.97 Å². The van der Waals surface area contributed by atoms with E-state index in [1.54, 1.807) is 13.8 Å². The molecule has 9 nitrogen and oxygen atoms in total. The SMILES string of the molecule is CC1(C)S[C@H]2N(C(=O)[C@]2(C)NC(=O)c2c(Cl)cccc2[N+](=O)[O-])[C@H]1C(=O)O. The Hall–Kier alpha value is -2.33. The Balaban J connectivity index is 1.92. The number of fused-ring (bicyclic) bond motifs is 1. The lowest BCUT2D eigenvalue weighted by Gasteiger charge is -2.51. The van der Waals surface area contributed by atoms with Crippen LogP contribution < -0.4 is 5.32 Å². The molecular formula is C16H16ClN3O6S. The summed E-state index contributed by atoms with van der Waals surface area (Å²) in [7, 11) is 0. The largest absolute Gasteiger partial charge is 0.480 e. The second kappa shape index (κ2) is 6.10. The Morgan fingerprint density at radius 2 is 2.00 bits per heavy atom. The number of thioether (sulfide) groups is 1. The first-order valence-corrected chi connectivity index (χ1v) is 9.16. The van der Waals surface area contributed by atoms with Crippen LogP contribution >= 0.6 is 23.4 Å². The Kier molecular flexibility index (Phi) is 4.39. The second-order valence-corrected chi connectivity index (χ2v) is 9.22. The zero-order valence-corrected chi connectivity index (χ0v) is 16.1. The Morgan fingerprint density at radius 3 is 2.56 bits per heavy atom. The van der Waals surface area contributed by atoms with Crippen LogP contribution in [0.2, 0.25) is 5.02 Å². The summed E-state index contributed by atoms with van der Waals surface area (Å²) < 4.78 is -0.759. The topological polar surface area (TPSA) is 130 Å². The molecule has 2 amide bonds. The molecular weight excluding hydrogens is 398 g/mol. The van der Waals surface area contributed by atoms with E-state index in [2.05, 4.69) is 5.32 Å². The molecule has 0 saturated carbocycles. The van der Waals surface area contributed by atoms with Crippen LogP contribution in [0.25, 0.3) is 0 Å². The number of aliphatic carboxylic acids is 1. The molecule has 0 aromatic heterocycles. The molecule has 0 bridgehead atoms. The number of halogens is 1. The monoisotopic (exact) mass is 413 g/mol. The van der Waals surface area contributed by atoms with Crippen molar-refractivity contribution in [3.05, 3.63) is 38.9 Å². The summed E-state index contributed by atoms with van der Waals surface area (Å²) in [5.41, 5.74) is -2.21. The maximum Gasteiger partial charge on any atom is 0.327 e. The molecule has 11 heteroatoms. The number of nitrogens with zero attached hydrogens (tertiary/aromatic N) is 2. The van der Waals surface area contributed by atoms with E-state index < -0.39 is 50.1 Å². The van der Waals surface area contributed by atoms with E-state index in [0.29, 0.717) is 0 Å². The molecule has 3 atom stereocenters. The number of carbonyl (C=O) groups is 3. The standard InChI is InChI=1S/C16H16ClN3O6S/c1-15(2)10(12(22)23)19-13(24)16(3,14(19)27-15)18-11(21)9-7(17)5-4-6-8(9)20(25)26/h4-6,10,14H,1-3H3,(H,18,21)(H,22,23)/t10-,14+,16-/m0/s1. The minimum atomic E-state index is -1.39. The third kappa shape index (κ3) is 2.74. The minimum absolute atomic E-state index is 0.114. The van der Waals surface area contributed by atoms with Gasteiger partial charge in [-0.2, -0.15) is 0 Å². The van der Waals surface area contributed by atoms with E-state index in [0.717, 1.165) is 6.07 Å². The number of benzene rings is 1. The van der Waals surface area contributed by atoms with Gasteiger partial charge < -0.3 is 15.3 Å². The highest BCUT2D eigenvalue weighted by Crippen LogP contribution is 2.54. The van der Waals surface area contributed by atoms with Crippen LogP contribution in [0, 0.1) is 10.1 Å². The lowest BCUT2D eigenvalue weighted by Crippen LogP contribution is -2.78. The summed E-state index contributed by atoms with van der Waals surface area (Å²) in [6, 6.07) is 2.81. The number of nitro benzene ring substituents is 1.